The number of aryl methyl sites for hydroxylation is 1. The lowest BCUT2D eigenvalue weighted by molar-refractivity contribution is 0.624. The third-order valence-electron chi connectivity index (χ3n) is 2.14. The summed E-state index contributed by atoms with van der Waals surface area (Å²) in [6.07, 6.45) is 1.63. The van der Waals surface area contributed by atoms with Gasteiger partial charge in [0.2, 0.25) is 0 Å². The molecule has 0 spiro atoms. The molecule has 0 radical (unpaired) electrons. The maximum atomic E-state index is 13.1. The summed E-state index contributed by atoms with van der Waals surface area (Å²) in [4.78, 5) is 8.28. The fourth-order valence-electron chi connectivity index (χ4n) is 1.34. The molecule has 4 heteroatoms. The van der Waals surface area contributed by atoms with E-state index in [9.17, 15) is 4.39 Å². The Bertz CT molecular complexity index is 573. The van der Waals surface area contributed by atoms with E-state index in [0.717, 1.165) is 5.69 Å². The summed E-state index contributed by atoms with van der Waals surface area (Å²) in [5.74, 6) is -0.0320. The number of hydrogen-bond donors (Lipinski definition) is 0. The van der Waals surface area contributed by atoms with Gasteiger partial charge < -0.3 is 0 Å². The van der Waals surface area contributed by atoms with Crippen molar-refractivity contribution in [1.82, 2.24) is 9.97 Å². The van der Waals surface area contributed by atoms with Crippen LogP contribution in [0.1, 0.15) is 11.3 Å². The highest BCUT2D eigenvalue weighted by Gasteiger charge is 2.06. The van der Waals surface area contributed by atoms with E-state index in [-0.39, 0.29) is 5.56 Å². The van der Waals surface area contributed by atoms with Crippen LogP contribution in [0.4, 0.5) is 4.39 Å². The Morgan fingerprint density at radius 3 is 2.81 bits per heavy atom. The van der Waals surface area contributed by atoms with E-state index in [1.54, 1.807) is 24.4 Å². The van der Waals surface area contributed by atoms with Gasteiger partial charge in [-0.25, -0.2) is 14.4 Å². The number of halogens is 1. The van der Waals surface area contributed by atoms with Crippen LogP contribution in [0.5, 0.6) is 0 Å². The number of benzene rings is 1. The fraction of sp³-hybridized carbons (Fsp3) is 0.0833. The molecule has 78 valence electrons. The quantitative estimate of drug-likeness (QED) is 0.731. The average Bonchev–Trinajstić information content (AvgIpc) is 2.29. The van der Waals surface area contributed by atoms with Crippen molar-refractivity contribution < 1.29 is 4.39 Å². The Labute approximate surface area is 92.2 Å². The van der Waals surface area contributed by atoms with Crippen LogP contribution in [-0.2, 0) is 0 Å². The van der Waals surface area contributed by atoms with Crippen molar-refractivity contribution in [3.05, 3.63) is 47.5 Å². The highest BCUT2D eigenvalue weighted by atomic mass is 19.1. The van der Waals surface area contributed by atoms with Crippen LogP contribution < -0.4 is 0 Å². The van der Waals surface area contributed by atoms with Crippen molar-refractivity contribution in [3.8, 4) is 17.5 Å². The van der Waals surface area contributed by atoms with Crippen molar-refractivity contribution in [3.63, 3.8) is 0 Å². The first-order valence-electron chi connectivity index (χ1n) is 4.70. The van der Waals surface area contributed by atoms with Crippen LogP contribution in [0.15, 0.2) is 30.5 Å². The molecule has 1 heterocycles. The zero-order chi connectivity index (χ0) is 11.5. The van der Waals surface area contributed by atoms with Crippen LogP contribution in [0, 0.1) is 24.1 Å². The van der Waals surface area contributed by atoms with E-state index < -0.39 is 5.82 Å². The molecule has 3 nitrogen and oxygen atoms in total. The van der Waals surface area contributed by atoms with E-state index in [4.69, 9.17) is 5.26 Å². The molecule has 0 saturated heterocycles. The summed E-state index contributed by atoms with van der Waals surface area (Å²) in [7, 11) is 0. The molecule has 2 rings (SSSR count). The van der Waals surface area contributed by atoms with Crippen molar-refractivity contribution in [1.29, 1.82) is 5.26 Å². The molecule has 0 amide bonds. The second-order valence-corrected chi connectivity index (χ2v) is 3.33. The van der Waals surface area contributed by atoms with E-state index >= 15 is 0 Å². The summed E-state index contributed by atoms with van der Waals surface area (Å²) in [6, 6.07) is 7.82. The lowest BCUT2D eigenvalue weighted by Crippen LogP contribution is -1.92. The van der Waals surface area contributed by atoms with E-state index in [0.29, 0.717) is 11.4 Å². The zero-order valence-electron chi connectivity index (χ0n) is 8.61. The van der Waals surface area contributed by atoms with Crippen LogP contribution in [0.2, 0.25) is 0 Å². The summed E-state index contributed by atoms with van der Waals surface area (Å²) < 4.78 is 13.1. The second kappa shape index (κ2) is 4.07. The van der Waals surface area contributed by atoms with E-state index in [2.05, 4.69) is 9.97 Å². The van der Waals surface area contributed by atoms with Crippen molar-refractivity contribution in [2.24, 2.45) is 0 Å². The number of aromatic nitrogens is 2. The van der Waals surface area contributed by atoms with Gasteiger partial charge in [-0.2, -0.15) is 5.26 Å². The first-order chi connectivity index (χ1) is 7.70. The largest absolute Gasteiger partial charge is 0.237 e. The van der Waals surface area contributed by atoms with Crippen LogP contribution in [0.3, 0.4) is 0 Å². The molecule has 0 aliphatic heterocycles. The lowest BCUT2D eigenvalue weighted by atomic mass is 10.1. The number of nitrogens with zero attached hydrogens (tertiary/aromatic N) is 3. The van der Waals surface area contributed by atoms with Gasteiger partial charge in [0, 0.05) is 17.5 Å². The van der Waals surface area contributed by atoms with Gasteiger partial charge in [0.15, 0.2) is 5.82 Å². The molecular formula is C12H8FN3. The highest BCUT2D eigenvalue weighted by Crippen LogP contribution is 2.18. The third-order valence-corrected chi connectivity index (χ3v) is 2.14. The molecular weight excluding hydrogens is 205 g/mol. The molecule has 0 fully saturated rings. The fourth-order valence-corrected chi connectivity index (χ4v) is 1.34. The minimum absolute atomic E-state index is 0.00241. The first-order valence-corrected chi connectivity index (χ1v) is 4.70. The smallest absolute Gasteiger partial charge is 0.159 e. The monoisotopic (exact) mass is 213 g/mol. The third kappa shape index (κ3) is 1.89. The predicted molar refractivity (Wildman–Crippen MR) is 56.9 cm³/mol. The maximum absolute atomic E-state index is 13.1. The first kappa shape index (κ1) is 10.2. The molecule has 1 aromatic heterocycles. The predicted octanol–water partition coefficient (Wildman–Crippen LogP) is 2.46. The number of rotatable bonds is 1. The summed E-state index contributed by atoms with van der Waals surface area (Å²) in [6.45, 7) is 1.85. The molecule has 0 aliphatic carbocycles. The molecule has 0 aliphatic rings. The van der Waals surface area contributed by atoms with Crippen molar-refractivity contribution >= 4 is 0 Å². The molecule has 0 bridgehead atoms. The number of hydrogen-bond acceptors (Lipinski definition) is 3. The van der Waals surface area contributed by atoms with Crippen molar-refractivity contribution in [2.45, 2.75) is 6.92 Å². The Balaban J connectivity index is 2.54. The lowest BCUT2D eigenvalue weighted by Gasteiger charge is -2.01. The average molecular weight is 213 g/mol. The van der Waals surface area contributed by atoms with Gasteiger partial charge in [0.05, 0.1) is 5.56 Å². The topological polar surface area (TPSA) is 49.6 Å². The molecule has 2 aromatic rings. The van der Waals surface area contributed by atoms with Gasteiger partial charge in [-0.1, -0.05) is 0 Å². The van der Waals surface area contributed by atoms with Gasteiger partial charge in [-0.05, 0) is 31.2 Å². The Hall–Kier alpha value is -2.28. The van der Waals surface area contributed by atoms with Gasteiger partial charge in [0.1, 0.15) is 11.9 Å². The molecule has 1 aromatic carbocycles. The maximum Gasteiger partial charge on any atom is 0.159 e. The second-order valence-electron chi connectivity index (χ2n) is 3.33. The van der Waals surface area contributed by atoms with Crippen LogP contribution in [0.25, 0.3) is 11.4 Å². The SMILES string of the molecule is Cc1ccnc(-c2ccc(F)c(C#N)c2)n1. The van der Waals surface area contributed by atoms with Gasteiger partial charge in [-0.3, -0.25) is 0 Å². The Kier molecular flexibility index (Phi) is 2.61. The molecule has 0 saturated carbocycles. The molecule has 16 heavy (non-hydrogen) atoms. The summed E-state index contributed by atoms with van der Waals surface area (Å²) >= 11 is 0. The number of nitriles is 1. The molecule has 0 N–H and O–H groups in total. The van der Waals surface area contributed by atoms with Gasteiger partial charge in [0.25, 0.3) is 0 Å². The zero-order valence-corrected chi connectivity index (χ0v) is 8.61. The van der Waals surface area contributed by atoms with E-state index in [1.165, 1.54) is 12.1 Å². The normalized spacial score (nSPS) is 9.81. The minimum atomic E-state index is -0.529. The van der Waals surface area contributed by atoms with Crippen molar-refractivity contribution in [2.75, 3.05) is 0 Å². The van der Waals surface area contributed by atoms with Crippen LogP contribution in [-0.4, -0.2) is 9.97 Å². The standard InChI is InChI=1S/C12H8FN3/c1-8-4-5-15-12(16-8)9-2-3-11(13)10(6-9)7-14/h2-6H,1H3. The van der Waals surface area contributed by atoms with Gasteiger partial charge in [-0.15, -0.1) is 0 Å². The highest BCUT2D eigenvalue weighted by molar-refractivity contribution is 5.57. The van der Waals surface area contributed by atoms with E-state index in [1.807, 2.05) is 6.92 Å². The Morgan fingerprint density at radius 2 is 2.12 bits per heavy atom. The minimum Gasteiger partial charge on any atom is -0.237 e. The van der Waals surface area contributed by atoms with Crippen LogP contribution >= 0.6 is 0 Å². The Morgan fingerprint density at radius 1 is 1.31 bits per heavy atom. The molecule has 0 atom stereocenters. The van der Waals surface area contributed by atoms with Gasteiger partial charge >= 0.3 is 0 Å². The summed E-state index contributed by atoms with van der Waals surface area (Å²) in [5.41, 5.74) is 1.47. The summed E-state index contributed by atoms with van der Waals surface area (Å²) in [5, 5.41) is 8.71. The molecule has 0 unspecified atom stereocenters.